The van der Waals surface area contributed by atoms with Crippen molar-refractivity contribution in [3.63, 3.8) is 0 Å². The molecule has 0 radical (unpaired) electrons. The van der Waals surface area contributed by atoms with E-state index in [-0.39, 0.29) is 28.6 Å². The highest BCUT2D eigenvalue weighted by Crippen LogP contribution is 2.36. The van der Waals surface area contributed by atoms with Crippen molar-refractivity contribution in [3.8, 4) is 0 Å². The van der Waals surface area contributed by atoms with Gasteiger partial charge in [-0.2, -0.15) is 13.2 Å². The van der Waals surface area contributed by atoms with Crippen LogP contribution in [0.4, 0.5) is 13.2 Å². The summed E-state index contributed by atoms with van der Waals surface area (Å²) in [7, 11) is 1.65. The normalized spacial score (nSPS) is 12.7. The summed E-state index contributed by atoms with van der Waals surface area (Å²) in [6.45, 7) is 1.86. The molecule has 0 spiro atoms. The Hall–Kier alpha value is -2.02. The second-order valence-electron chi connectivity index (χ2n) is 4.95. The van der Waals surface area contributed by atoms with E-state index < -0.39 is 5.51 Å². The Morgan fingerprint density at radius 3 is 2.39 bits per heavy atom. The molecule has 23 heavy (non-hydrogen) atoms. The molecule has 2 aromatic rings. The lowest BCUT2D eigenvalue weighted by atomic mass is 10.1. The number of pyridine rings is 1. The predicted octanol–water partition coefficient (Wildman–Crippen LogP) is 4.53. The molecular formula is C16H15F3N2OS. The number of hydrogen-bond donors (Lipinski definition) is 0. The highest BCUT2D eigenvalue weighted by Gasteiger charge is 2.29. The highest BCUT2D eigenvalue weighted by atomic mass is 32.2. The van der Waals surface area contributed by atoms with Crippen molar-refractivity contribution in [2.75, 3.05) is 7.05 Å². The number of thioether (sulfide) groups is 1. The molecule has 0 fully saturated rings. The van der Waals surface area contributed by atoms with Crippen LogP contribution >= 0.6 is 11.8 Å². The van der Waals surface area contributed by atoms with E-state index in [2.05, 4.69) is 4.98 Å². The van der Waals surface area contributed by atoms with Gasteiger partial charge in [0.1, 0.15) is 0 Å². The summed E-state index contributed by atoms with van der Waals surface area (Å²) < 4.78 is 36.9. The van der Waals surface area contributed by atoms with Crippen molar-refractivity contribution in [2.45, 2.75) is 23.4 Å². The summed E-state index contributed by atoms with van der Waals surface area (Å²) in [5, 5.41) is 0. The quantitative estimate of drug-likeness (QED) is 0.767. The Labute approximate surface area is 136 Å². The number of hydrogen-bond acceptors (Lipinski definition) is 3. The third kappa shape index (κ3) is 4.72. The van der Waals surface area contributed by atoms with E-state index in [1.807, 2.05) is 13.0 Å². The number of carbonyl (C=O) groups excluding carboxylic acids is 1. The smallest absolute Gasteiger partial charge is 0.335 e. The number of halogens is 3. The molecule has 1 amide bonds. The summed E-state index contributed by atoms with van der Waals surface area (Å²) in [6, 6.07) is 8.87. The monoisotopic (exact) mass is 340 g/mol. The third-order valence-electron chi connectivity index (χ3n) is 3.40. The van der Waals surface area contributed by atoms with Crippen molar-refractivity contribution in [3.05, 3.63) is 59.9 Å². The molecule has 1 atom stereocenters. The number of benzene rings is 1. The fraction of sp³-hybridized carbons (Fsp3) is 0.250. The third-order valence-corrected chi connectivity index (χ3v) is 4.14. The van der Waals surface area contributed by atoms with Crippen LogP contribution in [0.2, 0.25) is 0 Å². The van der Waals surface area contributed by atoms with Crippen LogP contribution in [-0.2, 0) is 0 Å². The van der Waals surface area contributed by atoms with E-state index in [9.17, 15) is 18.0 Å². The zero-order valence-corrected chi connectivity index (χ0v) is 13.4. The minimum absolute atomic E-state index is 0.0528. The highest BCUT2D eigenvalue weighted by molar-refractivity contribution is 8.00. The minimum atomic E-state index is -4.34. The average molecular weight is 340 g/mol. The average Bonchev–Trinajstić information content (AvgIpc) is 2.53. The minimum Gasteiger partial charge on any atom is -0.335 e. The first-order chi connectivity index (χ1) is 10.8. The lowest BCUT2D eigenvalue weighted by Crippen LogP contribution is -2.29. The number of nitrogens with zero attached hydrogens (tertiary/aromatic N) is 2. The molecule has 1 aromatic carbocycles. The van der Waals surface area contributed by atoms with Crippen LogP contribution in [0.3, 0.4) is 0 Å². The Bertz CT molecular complexity index is 659. The van der Waals surface area contributed by atoms with Crippen LogP contribution in [0.25, 0.3) is 0 Å². The first kappa shape index (κ1) is 17.3. The SMILES string of the molecule is CC(c1cccnc1)N(C)C(=O)c1ccc(SC(F)(F)F)cc1. The van der Waals surface area contributed by atoms with E-state index in [1.165, 1.54) is 29.2 Å². The number of rotatable bonds is 4. The molecule has 0 aliphatic heterocycles. The van der Waals surface area contributed by atoms with Crippen LogP contribution < -0.4 is 0 Å². The second-order valence-corrected chi connectivity index (χ2v) is 6.09. The molecule has 0 saturated heterocycles. The number of carbonyl (C=O) groups is 1. The van der Waals surface area contributed by atoms with E-state index >= 15 is 0 Å². The van der Waals surface area contributed by atoms with E-state index in [0.717, 1.165) is 5.56 Å². The maximum absolute atomic E-state index is 12.4. The molecule has 0 N–H and O–H groups in total. The molecule has 3 nitrogen and oxygen atoms in total. The number of aromatic nitrogens is 1. The van der Waals surface area contributed by atoms with Gasteiger partial charge >= 0.3 is 5.51 Å². The molecule has 0 saturated carbocycles. The van der Waals surface area contributed by atoms with Gasteiger partial charge in [0.2, 0.25) is 0 Å². The van der Waals surface area contributed by atoms with Crippen molar-refractivity contribution < 1.29 is 18.0 Å². The Balaban J connectivity index is 2.10. The second kappa shape index (κ2) is 7.04. The van der Waals surface area contributed by atoms with Crippen LogP contribution in [-0.4, -0.2) is 28.3 Å². The van der Waals surface area contributed by atoms with Gasteiger partial charge in [0.05, 0.1) is 6.04 Å². The Morgan fingerprint density at radius 2 is 1.87 bits per heavy atom. The maximum Gasteiger partial charge on any atom is 0.446 e. The molecule has 1 heterocycles. The first-order valence-corrected chi connectivity index (χ1v) is 7.62. The first-order valence-electron chi connectivity index (χ1n) is 6.81. The maximum atomic E-state index is 12.4. The topological polar surface area (TPSA) is 33.2 Å². The van der Waals surface area contributed by atoms with Crippen molar-refractivity contribution in [1.29, 1.82) is 0 Å². The van der Waals surface area contributed by atoms with Gasteiger partial charge in [-0.05, 0) is 54.6 Å². The Kier molecular flexibility index (Phi) is 5.30. The van der Waals surface area contributed by atoms with E-state index in [1.54, 1.807) is 25.5 Å². The molecule has 0 bridgehead atoms. The molecule has 7 heteroatoms. The van der Waals surface area contributed by atoms with E-state index in [0.29, 0.717) is 5.56 Å². The van der Waals surface area contributed by atoms with Crippen molar-refractivity contribution >= 4 is 17.7 Å². The molecular weight excluding hydrogens is 325 g/mol. The van der Waals surface area contributed by atoms with Gasteiger partial charge in [-0.3, -0.25) is 9.78 Å². The summed E-state index contributed by atoms with van der Waals surface area (Å²) in [5.74, 6) is -0.259. The van der Waals surface area contributed by atoms with Gasteiger partial charge in [0.25, 0.3) is 5.91 Å². The van der Waals surface area contributed by atoms with Gasteiger partial charge in [0, 0.05) is 29.9 Å². The summed E-state index contributed by atoms with van der Waals surface area (Å²) in [6.07, 6.45) is 3.33. The van der Waals surface area contributed by atoms with Gasteiger partial charge in [-0.15, -0.1) is 0 Å². The van der Waals surface area contributed by atoms with Gasteiger partial charge in [-0.1, -0.05) is 6.07 Å². The summed E-state index contributed by atoms with van der Waals surface area (Å²) in [4.78, 5) is 18.0. The fourth-order valence-corrected chi connectivity index (χ4v) is 2.56. The molecule has 0 aliphatic rings. The largest absolute Gasteiger partial charge is 0.446 e. The zero-order valence-electron chi connectivity index (χ0n) is 12.5. The molecule has 1 aromatic heterocycles. The predicted molar refractivity (Wildman–Crippen MR) is 83.1 cm³/mol. The Morgan fingerprint density at radius 1 is 1.22 bits per heavy atom. The molecule has 0 aliphatic carbocycles. The molecule has 2 rings (SSSR count). The lowest BCUT2D eigenvalue weighted by Gasteiger charge is -2.25. The van der Waals surface area contributed by atoms with Gasteiger partial charge < -0.3 is 4.90 Å². The van der Waals surface area contributed by atoms with Crippen molar-refractivity contribution in [2.24, 2.45) is 0 Å². The van der Waals surface area contributed by atoms with Crippen LogP contribution in [0, 0.1) is 0 Å². The zero-order chi connectivity index (χ0) is 17.0. The lowest BCUT2D eigenvalue weighted by molar-refractivity contribution is -0.0328. The van der Waals surface area contributed by atoms with Gasteiger partial charge in [-0.25, -0.2) is 0 Å². The molecule has 122 valence electrons. The van der Waals surface area contributed by atoms with Crippen LogP contribution in [0.1, 0.15) is 28.9 Å². The summed E-state index contributed by atoms with van der Waals surface area (Å²) >= 11 is -0.200. The van der Waals surface area contributed by atoms with Crippen LogP contribution in [0.15, 0.2) is 53.7 Å². The number of alkyl halides is 3. The standard InChI is InChI=1S/C16H15F3N2OS/c1-11(13-4-3-9-20-10-13)21(2)15(22)12-5-7-14(8-6-12)23-16(17,18)19/h3-11H,1-2H3. The van der Waals surface area contributed by atoms with Crippen molar-refractivity contribution in [1.82, 2.24) is 9.88 Å². The summed E-state index contributed by atoms with van der Waals surface area (Å²) in [5.41, 5.74) is -3.11. The number of amides is 1. The van der Waals surface area contributed by atoms with Gasteiger partial charge in [0.15, 0.2) is 0 Å². The van der Waals surface area contributed by atoms with E-state index in [4.69, 9.17) is 0 Å². The molecule has 1 unspecified atom stereocenters. The fourth-order valence-electron chi connectivity index (χ4n) is 2.03. The van der Waals surface area contributed by atoms with Crippen LogP contribution in [0.5, 0.6) is 0 Å².